The topological polar surface area (TPSA) is 69.0 Å². The van der Waals surface area contributed by atoms with E-state index < -0.39 is 0 Å². The molecule has 0 radical (unpaired) electrons. The molecule has 8 heteroatoms. The number of nitrogens with one attached hydrogen (secondary N) is 1. The largest absolute Gasteiger partial charge is 0.489 e. The van der Waals surface area contributed by atoms with E-state index >= 15 is 0 Å². The molecule has 3 aromatic rings. The van der Waals surface area contributed by atoms with Crippen molar-refractivity contribution < 1.29 is 9.53 Å². The Hall–Kier alpha value is -2.57. The SMILES string of the molecule is O=C1C[C@@H](c2ccc(OCc3c(Cl)cccc3Cl)cc2)n2ncnc2N1. The summed E-state index contributed by atoms with van der Waals surface area (Å²) in [6.45, 7) is 0.275. The van der Waals surface area contributed by atoms with E-state index in [1.54, 1.807) is 22.9 Å². The Labute approximate surface area is 159 Å². The zero-order valence-corrected chi connectivity index (χ0v) is 15.0. The van der Waals surface area contributed by atoms with Crippen molar-refractivity contribution in [2.45, 2.75) is 19.1 Å². The predicted molar refractivity (Wildman–Crippen MR) is 98.6 cm³/mol. The van der Waals surface area contributed by atoms with Crippen LogP contribution in [0, 0.1) is 0 Å². The number of fused-ring (bicyclic) bond motifs is 1. The number of halogens is 2. The van der Waals surface area contributed by atoms with Gasteiger partial charge in [-0.1, -0.05) is 41.4 Å². The fourth-order valence-corrected chi connectivity index (χ4v) is 3.38. The molecular weight excluding hydrogens is 375 g/mol. The van der Waals surface area contributed by atoms with Gasteiger partial charge in [0.15, 0.2) is 0 Å². The number of carbonyl (C=O) groups is 1. The Morgan fingerprint density at radius 1 is 1.15 bits per heavy atom. The van der Waals surface area contributed by atoms with Crippen LogP contribution < -0.4 is 10.1 Å². The molecule has 1 aromatic heterocycles. The number of aromatic nitrogens is 3. The Morgan fingerprint density at radius 2 is 1.88 bits per heavy atom. The van der Waals surface area contributed by atoms with E-state index in [-0.39, 0.29) is 18.6 Å². The molecule has 0 spiro atoms. The molecule has 2 aromatic carbocycles. The summed E-state index contributed by atoms with van der Waals surface area (Å²) in [4.78, 5) is 15.9. The minimum absolute atomic E-state index is 0.0795. The number of amides is 1. The minimum atomic E-state index is -0.187. The van der Waals surface area contributed by atoms with E-state index in [0.717, 1.165) is 11.1 Å². The van der Waals surface area contributed by atoms with Crippen LogP contribution in [0.15, 0.2) is 48.8 Å². The van der Waals surface area contributed by atoms with Gasteiger partial charge < -0.3 is 4.74 Å². The third-order valence-electron chi connectivity index (χ3n) is 4.21. The zero-order chi connectivity index (χ0) is 18.1. The van der Waals surface area contributed by atoms with E-state index in [2.05, 4.69) is 15.4 Å². The molecule has 2 heterocycles. The molecule has 1 N–H and O–H groups in total. The van der Waals surface area contributed by atoms with Crippen LogP contribution in [0.4, 0.5) is 5.95 Å². The second kappa shape index (κ2) is 6.97. The second-order valence-electron chi connectivity index (χ2n) is 5.85. The molecule has 1 aliphatic rings. The first kappa shape index (κ1) is 16.9. The van der Waals surface area contributed by atoms with Gasteiger partial charge in [-0.05, 0) is 29.8 Å². The van der Waals surface area contributed by atoms with Gasteiger partial charge in [0.1, 0.15) is 18.7 Å². The van der Waals surface area contributed by atoms with E-state index in [1.807, 2.05) is 24.3 Å². The molecular formula is C18H14Cl2N4O2. The highest BCUT2D eigenvalue weighted by atomic mass is 35.5. The first-order valence-corrected chi connectivity index (χ1v) is 8.72. The number of ether oxygens (including phenoxy) is 1. The van der Waals surface area contributed by atoms with Crippen molar-refractivity contribution in [2.24, 2.45) is 0 Å². The molecule has 4 rings (SSSR count). The second-order valence-corrected chi connectivity index (χ2v) is 6.67. The van der Waals surface area contributed by atoms with Gasteiger partial charge in [0.2, 0.25) is 11.9 Å². The van der Waals surface area contributed by atoms with Crippen molar-refractivity contribution in [3.05, 3.63) is 70.0 Å². The Bertz CT molecular complexity index is 936. The number of hydrogen-bond donors (Lipinski definition) is 1. The summed E-state index contributed by atoms with van der Waals surface area (Å²) in [7, 11) is 0. The van der Waals surface area contributed by atoms with Crippen LogP contribution in [-0.4, -0.2) is 20.7 Å². The summed E-state index contributed by atoms with van der Waals surface area (Å²) in [6, 6.07) is 12.7. The molecule has 0 unspecified atom stereocenters. The van der Waals surface area contributed by atoms with Crippen LogP contribution in [0.3, 0.4) is 0 Å². The normalized spacial score (nSPS) is 16.1. The Balaban J connectivity index is 1.50. The fourth-order valence-electron chi connectivity index (χ4n) is 2.88. The Morgan fingerprint density at radius 3 is 2.62 bits per heavy atom. The van der Waals surface area contributed by atoms with Crippen LogP contribution in [-0.2, 0) is 11.4 Å². The van der Waals surface area contributed by atoms with Gasteiger partial charge in [-0.2, -0.15) is 10.1 Å². The van der Waals surface area contributed by atoms with Crippen LogP contribution in [0.1, 0.15) is 23.6 Å². The Kier molecular flexibility index (Phi) is 4.53. The van der Waals surface area contributed by atoms with Gasteiger partial charge >= 0.3 is 0 Å². The van der Waals surface area contributed by atoms with Gasteiger partial charge in [0.05, 0.1) is 12.5 Å². The summed E-state index contributed by atoms with van der Waals surface area (Å²) in [5, 5.41) is 8.04. The quantitative estimate of drug-likeness (QED) is 0.730. The van der Waals surface area contributed by atoms with Crippen molar-refractivity contribution >= 4 is 35.1 Å². The van der Waals surface area contributed by atoms with Gasteiger partial charge in [-0.25, -0.2) is 4.68 Å². The highest BCUT2D eigenvalue weighted by molar-refractivity contribution is 6.35. The molecule has 1 amide bonds. The lowest BCUT2D eigenvalue weighted by Crippen LogP contribution is -2.29. The maximum absolute atomic E-state index is 11.9. The maximum Gasteiger partial charge on any atom is 0.229 e. The number of carbonyl (C=O) groups excluding carboxylic acids is 1. The van der Waals surface area contributed by atoms with Crippen molar-refractivity contribution in [3.63, 3.8) is 0 Å². The van der Waals surface area contributed by atoms with Crippen LogP contribution in [0.25, 0.3) is 0 Å². The summed E-state index contributed by atoms with van der Waals surface area (Å²) in [5.74, 6) is 1.06. The molecule has 1 atom stereocenters. The molecule has 0 bridgehead atoms. The standard InChI is InChI=1S/C18H14Cl2N4O2/c19-14-2-1-3-15(20)13(14)9-26-12-6-4-11(5-7-12)16-8-17(25)23-18-21-10-22-24(16)18/h1-7,10,16H,8-9H2,(H,21,22,23,25)/t16-/m0/s1. The van der Waals surface area contributed by atoms with E-state index in [9.17, 15) is 4.79 Å². The fraction of sp³-hybridized carbons (Fsp3) is 0.167. The zero-order valence-electron chi connectivity index (χ0n) is 13.5. The molecule has 0 saturated heterocycles. The molecule has 0 fully saturated rings. The van der Waals surface area contributed by atoms with E-state index in [0.29, 0.717) is 28.2 Å². The monoisotopic (exact) mass is 388 g/mol. The lowest BCUT2D eigenvalue weighted by molar-refractivity contribution is -0.117. The maximum atomic E-state index is 11.9. The molecule has 132 valence electrons. The van der Waals surface area contributed by atoms with Crippen LogP contribution in [0.5, 0.6) is 5.75 Å². The third-order valence-corrected chi connectivity index (χ3v) is 4.92. The van der Waals surface area contributed by atoms with Gasteiger partial charge in [0, 0.05) is 15.6 Å². The summed E-state index contributed by atoms with van der Waals surface area (Å²) in [6.07, 6.45) is 1.74. The molecule has 6 nitrogen and oxygen atoms in total. The lowest BCUT2D eigenvalue weighted by atomic mass is 10.0. The number of benzene rings is 2. The summed E-state index contributed by atoms with van der Waals surface area (Å²) in [5.41, 5.74) is 1.70. The highest BCUT2D eigenvalue weighted by Gasteiger charge is 2.27. The van der Waals surface area contributed by atoms with Gasteiger partial charge in [-0.15, -0.1) is 0 Å². The average molecular weight is 389 g/mol. The number of nitrogens with zero attached hydrogens (tertiary/aromatic N) is 3. The van der Waals surface area contributed by atoms with Crippen molar-refractivity contribution in [2.75, 3.05) is 5.32 Å². The molecule has 0 saturated carbocycles. The van der Waals surface area contributed by atoms with Gasteiger partial charge in [-0.3, -0.25) is 10.1 Å². The summed E-state index contributed by atoms with van der Waals surface area (Å²) < 4.78 is 7.50. The minimum Gasteiger partial charge on any atom is -0.489 e. The van der Waals surface area contributed by atoms with E-state index in [1.165, 1.54) is 6.33 Å². The number of anilines is 1. The predicted octanol–water partition coefficient (Wildman–Crippen LogP) is 4.10. The molecule has 1 aliphatic heterocycles. The highest BCUT2D eigenvalue weighted by Crippen LogP contribution is 2.30. The average Bonchev–Trinajstić information content (AvgIpc) is 3.09. The molecule has 26 heavy (non-hydrogen) atoms. The van der Waals surface area contributed by atoms with Crippen LogP contribution in [0.2, 0.25) is 10.0 Å². The van der Waals surface area contributed by atoms with Crippen LogP contribution >= 0.6 is 23.2 Å². The first-order valence-electron chi connectivity index (χ1n) is 7.97. The lowest BCUT2D eigenvalue weighted by Gasteiger charge is -2.23. The number of rotatable bonds is 4. The third kappa shape index (κ3) is 3.25. The van der Waals surface area contributed by atoms with Crippen molar-refractivity contribution in [3.8, 4) is 5.75 Å². The van der Waals surface area contributed by atoms with E-state index in [4.69, 9.17) is 27.9 Å². The van der Waals surface area contributed by atoms with Crippen molar-refractivity contribution in [1.82, 2.24) is 14.8 Å². The first-order chi connectivity index (χ1) is 12.6. The smallest absolute Gasteiger partial charge is 0.229 e. The summed E-state index contributed by atoms with van der Waals surface area (Å²) >= 11 is 12.3. The molecule has 0 aliphatic carbocycles. The number of hydrogen-bond acceptors (Lipinski definition) is 4. The van der Waals surface area contributed by atoms with Crippen molar-refractivity contribution in [1.29, 1.82) is 0 Å². The van der Waals surface area contributed by atoms with Gasteiger partial charge in [0.25, 0.3) is 0 Å².